The first-order valence-corrected chi connectivity index (χ1v) is 5.99. The fraction of sp³-hybridized carbons (Fsp3) is 0.143. The lowest BCUT2D eigenvalue weighted by Crippen LogP contribution is -2.07. The number of hydrogen-bond acceptors (Lipinski definition) is 1. The summed E-state index contributed by atoms with van der Waals surface area (Å²) in [5.41, 5.74) is 4.90. The Hall–Kier alpha value is -0.530. The van der Waals surface area contributed by atoms with E-state index in [1.54, 1.807) is 0 Å². The van der Waals surface area contributed by atoms with E-state index in [1.165, 1.54) is 0 Å². The zero-order valence-corrected chi connectivity index (χ0v) is 8.76. The van der Waals surface area contributed by atoms with Crippen LogP contribution in [0.5, 0.6) is 0 Å². The van der Waals surface area contributed by atoms with Gasteiger partial charge in [-0.2, -0.15) is 0 Å². The van der Waals surface area contributed by atoms with Crippen molar-refractivity contribution in [3.05, 3.63) is 28.8 Å². The van der Waals surface area contributed by atoms with E-state index >= 15 is 0 Å². The first-order valence-electron chi connectivity index (χ1n) is 3.66. The second-order valence-corrected chi connectivity index (χ2v) is 5.74. The molecule has 0 aliphatic heterocycles. The number of rotatable bonds is 2. The van der Waals surface area contributed by atoms with Gasteiger partial charge in [0.15, 0.2) is 0 Å². The SMILES string of the molecule is NCc1cc(S(F)(F)(F)(F)F)ccc1Cl. The molecule has 88 valence electrons. The summed E-state index contributed by atoms with van der Waals surface area (Å²) in [4.78, 5) is -1.97. The Morgan fingerprint density at radius 2 is 1.67 bits per heavy atom. The highest BCUT2D eigenvalue weighted by atomic mass is 35.5. The molecular weight excluding hydrogens is 261 g/mol. The largest absolute Gasteiger partial charge is 0.326 e. The predicted octanol–water partition coefficient (Wildman–Crippen LogP) is 4.46. The molecule has 0 bridgehead atoms. The molecule has 2 N–H and O–H groups in total. The van der Waals surface area contributed by atoms with Crippen LogP contribution in [0, 0.1) is 0 Å². The Kier molecular flexibility index (Phi) is 2.32. The molecule has 1 rings (SSSR count). The minimum Gasteiger partial charge on any atom is -0.326 e. The molecular formula is C7H7ClF5NS. The van der Waals surface area contributed by atoms with Gasteiger partial charge in [0.05, 0.1) is 0 Å². The quantitative estimate of drug-likeness (QED) is 0.787. The Morgan fingerprint density at radius 3 is 2.07 bits per heavy atom. The van der Waals surface area contributed by atoms with Crippen molar-refractivity contribution in [2.24, 2.45) is 5.73 Å². The summed E-state index contributed by atoms with van der Waals surface area (Å²) < 4.78 is 61.6. The van der Waals surface area contributed by atoms with Gasteiger partial charge in [-0.15, -0.1) is 0 Å². The van der Waals surface area contributed by atoms with Crippen molar-refractivity contribution in [3.63, 3.8) is 0 Å². The maximum atomic E-state index is 12.3. The van der Waals surface area contributed by atoms with Crippen molar-refractivity contribution in [2.75, 3.05) is 0 Å². The van der Waals surface area contributed by atoms with E-state index in [-0.39, 0.29) is 29.3 Å². The van der Waals surface area contributed by atoms with Crippen LogP contribution in [0.2, 0.25) is 5.02 Å². The molecule has 0 amide bonds. The van der Waals surface area contributed by atoms with Crippen molar-refractivity contribution in [2.45, 2.75) is 11.4 Å². The highest BCUT2D eigenvalue weighted by Crippen LogP contribution is 3.02. The van der Waals surface area contributed by atoms with E-state index in [2.05, 4.69) is 0 Å². The average Bonchev–Trinajstić information content (AvgIpc) is 2.00. The molecule has 0 aromatic heterocycles. The fourth-order valence-electron chi connectivity index (χ4n) is 0.947. The van der Waals surface area contributed by atoms with Gasteiger partial charge in [0, 0.05) is 11.6 Å². The van der Waals surface area contributed by atoms with E-state index in [9.17, 15) is 19.4 Å². The van der Waals surface area contributed by atoms with Gasteiger partial charge in [-0.3, -0.25) is 0 Å². The summed E-state index contributed by atoms with van der Waals surface area (Å²) in [5, 5.41) is -0.0666. The van der Waals surface area contributed by atoms with Crippen LogP contribution >= 0.6 is 21.8 Å². The van der Waals surface area contributed by atoms with E-state index in [4.69, 9.17) is 17.3 Å². The normalized spacial score (nSPS) is 17.0. The van der Waals surface area contributed by atoms with E-state index in [1.807, 2.05) is 0 Å². The molecule has 0 fully saturated rings. The minimum atomic E-state index is -9.62. The number of benzene rings is 1. The van der Waals surface area contributed by atoms with E-state index in [0.29, 0.717) is 0 Å². The van der Waals surface area contributed by atoms with Crippen LogP contribution in [0.1, 0.15) is 5.56 Å². The van der Waals surface area contributed by atoms with Crippen molar-refractivity contribution in [1.82, 2.24) is 0 Å². The first kappa shape index (κ1) is 12.5. The third-order valence-electron chi connectivity index (χ3n) is 1.68. The van der Waals surface area contributed by atoms with E-state index in [0.717, 1.165) is 6.07 Å². The zero-order chi connectivity index (χ0) is 12.0. The molecule has 0 radical (unpaired) electrons. The van der Waals surface area contributed by atoms with Gasteiger partial charge in [0.25, 0.3) is 0 Å². The van der Waals surface area contributed by atoms with E-state index < -0.39 is 15.1 Å². The summed E-state index contributed by atoms with van der Waals surface area (Å²) >= 11 is 5.46. The van der Waals surface area contributed by atoms with Gasteiger partial charge in [-0.1, -0.05) is 31.0 Å². The number of hydrogen-bond donors (Lipinski definition) is 1. The van der Waals surface area contributed by atoms with Crippen molar-refractivity contribution in [3.8, 4) is 0 Å². The van der Waals surface area contributed by atoms with Crippen molar-refractivity contribution in [1.29, 1.82) is 0 Å². The second-order valence-electron chi connectivity index (χ2n) is 2.93. The molecule has 0 heterocycles. The Balaban J connectivity index is 3.44. The molecule has 0 aliphatic carbocycles. The summed E-state index contributed by atoms with van der Waals surface area (Å²) in [6.45, 7) is -0.333. The van der Waals surface area contributed by atoms with Gasteiger partial charge < -0.3 is 5.73 Å². The first-order chi connectivity index (χ1) is 6.44. The van der Waals surface area contributed by atoms with Gasteiger partial charge in [0.1, 0.15) is 4.90 Å². The smallest absolute Gasteiger partial charge is 0.310 e. The molecule has 8 heteroatoms. The molecule has 0 aliphatic rings. The topological polar surface area (TPSA) is 26.0 Å². The second kappa shape index (κ2) is 2.78. The Labute approximate surface area is 87.7 Å². The Bertz CT molecular complexity index is 401. The van der Waals surface area contributed by atoms with Crippen LogP contribution in [0.4, 0.5) is 19.4 Å². The fourth-order valence-corrected chi connectivity index (χ4v) is 1.83. The molecule has 1 aromatic carbocycles. The highest BCUT2D eigenvalue weighted by Gasteiger charge is 2.65. The van der Waals surface area contributed by atoms with Gasteiger partial charge >= 0.3 is 10.2 Å². The molecule has 0 saturated carbocycles. The molecule has 15 heavy (non-hydrogen) atoms. The summed E-state index contributed by atoms with van der Waals surface area (Å²) in [6, 6.07) is 1.30. The molecule has 1 aromatic rings. The summed E-state index contributed by atoms with van der Waals surface area (Å²) in [6.07, 6.45) is 0. The number of halogens is 6. The van der Waals surface area contributed by atoms with Crippen LogP contribution in [0.25, 0.3) is 0 Å². The summed E-state index contributed by atoms with van der Waals surface area (Å²) in [5.74, 6) is 0. The number of nitrogens with two attached hydrogens (primary N) is 1. The molecule has 1 nitrogen and oxygen atoms in total. The van der Waals surface area contributed by atoms with Crippen LogP contribution < -0.4 is 5.73 Å². The summed E-state index contributed by atoms with van der Waals surface area (Å²) in [7, 11) is -9.62. The average molecular weight is 268 g/mol. The Morgan fingerprint density at radius 1 is 1.13 bits per heavy atom. The third kappa shape index (κ3) is 2.96. The van der Waals surface area contributed by atoms with Gasteiger partial charge in [0.2, 0.25) is 0 Å². The zero-order valence-electron chi connectivity index (χ0n) is 7.19. The monoisotopic (exact) mass is 267 g/mol. The van der Waals surface area contributed by atoms with Crippen molar-refractivity contribution < 1.29 is 19.4 Å². The maximum absolute atomic E-state index is 12.3. The minimum absolute atomic E-state index is 0.0666. The molecule has 0 atom stereocenters. The predicted molar refractivity (Wildman–Crippen MR) is 50.7 cm³/mol. The van der Waals surface area contributed by atoms with Gasteiger partial charge in [-0.25, -0.2) is 0 Å². The molecule has 0 saturated heterocycles. The van der Waals surface area contributed by atoms with Crippen LogP contribution in [0.3, 0.4) is 0 Å². The highest BCUT2D eigenvalue weighted by molar-refractivity contribution is 8.45. The van der Waals surface area contributed by atoms with Crippen LogP contribution in [-0.4, -0.2) is 0 Å². The van der Waals surface area contributed by atoms with Crippen LogP contribution in [0.15, 0.2) is 23.1 Å². The standard InChI is InChI=1S/C7H7ClF5NS/c8-7-2-1-6(3-5(7)4-14)15(9,10,11,12)13/h1-3H,4,14H2. The lowest BCUT2D eigenvalue weighted by molar-refractivity contribution is 0.364. The maximum Gasteiger partial charge on any atom is 0.310 e. The van der Waals surface area contributed by atoms with Gasteiger partial charge in [-0.05, 0) is 23.8 Å². The lowest BCUT2D eigenvalue weighted by Gasteiger charge is -2.40. The van der Waals surface area contributed by atoms with Crippen LogP contribution in [-0.2, 0) is 6.54 Å². The molecule has 0 spiro atoms. The van der Waals surface area contributed by atoms with Crippen molar-refractivity contribution >= 4 is 21.8 Å². The lowest BCUT2D eigenvalue weighted by atomic mass is 10.2. The molecule has 0 unspecified atom stereocenters. The third-order valence-corrected chi connectivity index (χ3v) is 3.20.